The Bertz CT molecular complexity index is 1570. The van der Waals surface area contributed by atoms with Crippen LogP contribution in [0, 0.1) is 11.6 Å². The van der Waals surface area contributed by atoms with Crippen molar-refractivity contribution in [1.29, 1.82) is 0 Å². The molecule has 1 aliphatic rings. The van der Waals surface area contributed by atoms with Crippen LogP contribution in [0.4, 0.5) is 8.78 Å². The van der Waals surface area contributed by atoms with E-state index in [1.165, 1.54) is 12.8 Å². The van der Waals surface area contributed by atoms with Crippen molar-refractivity contribution >= 4 is 74.7 Å². The van der Waals surface area contributed by atoms with Gasteiger partial charge in [0.2, 0.25) is 0 Å². The number of hydrogen-bond acceptors (Lipinski definition) is 3. The van der Waals surface area contributed by atoms with Crippen molar-refractivity contribution in [2.24, 2.45) is 4.30 Å². The Hall–Kier alpha value is -1.53. The van der Waals surface area contributed by atoms with Crippen molar-refractivity contribution in [1.82, 2.24) is 8.47 Å². The molecule has 279 valence electrons. The van der Waals surface area contributed by atoms with Gasteiger partial charge in [0, 0.05) is 40.3 Å². The summed E-state index contributed by atoms with van der Waals surface area (Å²) in [5.41, 5.74) is 5.69. The first-order chi connectivity index (χ1) is 22.9. The molecule has 2 aromatic heterocycles. The van der Waals surface area contributed by atoms with E-state index in [0.717, 1.165) is 39.5 Å². The summed E-state index contributed by atoms with van der Waals surface area (Å²) in [5, 5.41) is 2.25. The van der Waals surface area contributed by atoms with E-state index in [2.05, 4.69) is 151 Å². The second-order valence-corrected chi connectivity index (χ2v) is 27.6. The average molecular weight is 808 g/mol. The van der Waals surface area contributed by atoms with Crippen LogP contribution in [0.1, 0.15) is 103 Å². The molecule has 2 aromatic carbocycles. The Labute approximate surface area is 320 Å². The van der Waals surface area contributed by atoms with Gasteiger partial charge in [0.15, 0.2) is 16.5 Å². The van der Waals surface area contributed by atoms with Crippen molar-refractivity contribution in [3.05, 3.63) is 71.0 Å². The molecular weight excluding hydrogens is 743 g/mol. The summed E-state index contributed by atoms with van der Waals surface area (Å²) in [5.74, 6) is -0.301. The molecule has 0 unspecified atom stereocenters. The van der Waals surface area contributed by atoms with Gasteiger partial charge in [0.25, 0.3) is 0 Å². The van der Waals surface area contributed by atoms with Gasteiger partial charge in [-0.3, -0.25) is 0 Å². The van der Waals surface area contributed by atoms with Crippen LogP contribution >= 0.6 is 28.7 Å². The van der Waals surface area contributed by atoms with E-state index in [4.69, 9.17) is 4.74 Å². The predicted molar refractivity (Wildman–Crippen MR) is 228 cm³/mol. The molecule has 4 aromatic rings. The summed E-state index contributed by atoms with van der Waals surface area (Å²) < 4.78 is 41.1. The molecule has 11 heteroatoms. The van der Waals surface area contributed by atoms with E-state index in [-0.39, 0.29) is 19.1 Å². The number of halogens is 3. The molecule has 0 spiro atoms. The number of rotatable bonds is 8. The Morgan fingerprint density at radius 1 is 0.700 bits per heavy atom. The minimum absolute atomic E-state index is 0. The Balaban J connectivity index is 0.000000403. The molecule has 0 saturated carbocycles. The topological polar surface area (TPSA) is 31.4 Å². The first kappa shape index (κ1) is 46.5. The molecule has 0 bridgehead atoms. The van der Waals surface area contributed by atoms with Crippen LogP contribution in [-0.4, -0.2) is 45.8 Å². The van der Waals surface area contributed by atoms with E-state index in [0.29, 0.717) is 33.2 Å². The Morgan fingerprint density at radius 3 is 1.50 bits per heavy atom. The van der Waals surface area contributed by atoms with Crippen LogP contribution < -0.4 is 0 Å². The zero-order chi connectivity index (χ0) is 37.3. The summed E-state index contributed by atoms with van der Waals surface area (Å²) in [6.45, 7) is 29.9. The molecule has 4 nitrogen and oxygen atoms in total. The Morgan fingerprint density at radius 2 is 1.10 bits per heavy atom. The third-order valence-electron chi connectivity index (χ3n) is 10.6. The van der Waals surface area contributed by atoms with Gasteiger partial charge in [-0.1, -0.05) is 90.5 Å². The van der Waals surface area contributed by atoms with Crippen molar-refractivity contribution in [2.45, 2.75) is 137 Å². The van der Waals surface area contributed by atoms with Crippen LogP contribution in [-0.2, 0) is 4.74 Å². The van der Waals surface area contributed by atoms with Crippen LogP contribution in [0.2, 0.25) is 33.2 Å². The maximum atomic E-state index is 13.8. The van der Waals surface area contributed by atoms with Crippen LogP contribution in [0.5, 0.6) is 0 Å². The Kier molecular flexibility index (Phi) is 19.2. The molecule has 1 fully saturated rings. The summed E-state index contributed by atoms with van der Waals surface area (Å²) >= 11 is 6.85. The van der Waals surface area contributed by atoms with Gasteiger partial charge in [0.1, 0.15) is 11.6 Å². The zero-order valence-electron chi connectivity index (χ0n) is 31.9. The molecule has 0 N–H and O–H groups in total. The molecule has 0 atom stereocenters. The van der Waals surface area contributed by atoms with Crippen molar-refractivity contribution in [2.75, 3.05) is 13.2 Å². The molecule has 5 rings (SSSR count). The van der Waals surface area contributed by atoms with Gasteiger partial charge < -0.3 is 13.2 Å². The average Bonchev–Trinajstić information content (AvgIpc) is 3.77. The third kappa shape index (κ3) is 9.91. The molecule has 1 saturated heterocycles. The number of fused-ring (bicyclic) bond motifs is 2. The standard InChI is InChI=1S/C17H25BrFNSi.C17H26FNSi.C4H8O.CH4.BHNS/c1-11(2)21(12(3)4,13(5)6)20-10-16(18)15-8-7-14(19)9-17(15)20;1-12(2)20(13(3)4,14(5)6)19-10-9-15-7-8-16(18)11-17(15)19;1-2-4-5-3-1;;1-2-3/h7-13H,1-6H3;7-14H,1-6H3;1-4H2;1H4;3H. The molecule has 50 heavy (non-hydrogen) atoms. The quantitative estimate of drug-likeness (QED) is 0.140. The molecule has 1 aliphatic heterocycles. The van der Waals surface area contributed by atoms with E-state index < -0.39 is 16.5 Å². The maximum absolute atomic E-state index is 13.8. The fourth-order valence-electron chi connectivity index (χ4n) is 9.10. The van der Waals surface area contributed by atoms with Gasteiger partial charge in [-0.25, -0.2) is 8.78 Å². The number of aromatic nitrogens is 2. The normalized spacial score (nSPS) is 13.4. The van der Waals surface area contributed by atoms with Gasteiger partial charge in [-0.2, -0.15) is 0 Å². The monoisotopic (exact) mass is 806 g/mol. The van der Waals surface area contributed by atoms with E-state index in [1.54, 1.807) is 24.3 Å². The van der Waals surface area contributed by atoms with Gasteiger partial charge in [-0.15, -0.1) is 0 Å². The predicted octanol–water partition coefficient (Wildman–Crippen LogP) is 14.0. The minimum atomic E-state index is -1.85. The summed E-state index contributed by atoms with van der Waals surface area (Å²) in [7, 11) is 0.697. The number of thiol groups is 1. The van der Waals surface area contributed by atoms with Crippen molar-refractivity contribution in [3.63, 3.8) is 0 Å². The van der Waals surface area contributed by atoms with Crippen LogP contribution in [0.25, 0.3) is 21.8 Å². The van der Waals surface area contributed by atoms with E-state index in [9.17, 15) is 8.78 Å². The first-order valence-corrected chi connectivity index (χ1v) is 23.4. The third-order valence-corrected chi connectivity index (χ3v) is 24.7. The molecule has 1 radical (unpaired) electrons. The molecular formula is C39H64BBrF2N3OSSi2. The summed E-state index contributed by atoms with van der Waals surface area (Å²) in [6.07, 6.45) is 6.94. The summed E-state index contributed by atoms with van der Waals surface area (Å²) in [6, 6.07) is 12.4. The summed E-state index contributed by atoms with van der Waals surface area (Å²) in [4.78, 5) is 0. The first-order valence-electron chi connectivity index (χ1n) is 17.8. The van der Waals surface area contributed by atoms with Crippen LogP contribution in [0.3, 0.4) is 0 Å². The van der Waals surface area contributed by atoms with E-state index >= 15 is 0 Å². The second-order valence-electron chi connectivity index (χ2n) is 15.0. The molecule has 0 amide bonds. The fraction of sp³-hybridized carbons (Fsp3) is 0.590. The number of hydrogen-bond donors (Lipinski definition) is 1. The van der Waals surface area contributed by atoms with Gasteiger partial charge >= 0.3 is 24.8 Å². The van der Waals surface area contributed by atoms with Gasteiger partial charge in [0.05, 0.1) is 0 Å². The van der Waals surface area contributed by atoms with Crippen molar-refractivity contribution < 1.29 is 13.5 Å². The number of nitrogens with zero attached hydrogens (tertiary/aromatic N) is 3. The molecule has 3 heterocycles. The van der Waals surface area contributed by atoms with E-state index in [1.807, 2.05) is 12.1 Å². The van der Waals surface area contributed by atoms with Crippen LogP contribution in [0.15, 0.2) is 63.6 Å². The van der Waals surface area contributed by atoms with Crippen molar-refractivity contribution in [3.8, 4) is 0 Å². The van der Waals surface area contributed by atoms with Gasteiger partial charge in [-0.05, 0) is 116 Å². The second kappa shape index (κ2) is 20.6. The fourth-order valence-corrected chi connectivity index (χ4v) is 23.1. The number of benzene rings is 2. The zero-order valence-corrected chi connectivity index (χ0v) is 36.4. The SMILES string of the molecule is C.C1CCOC1.CC(C)[Si](C(C)C)(C(C)C)n1cc(Br)c2ccc(F)cc21.CC(C)[Si](C(C)C)(C(C)C)n1ccc2ccc(F)cc21.[B]=NS. The number of ether oxygens (including phenoxy) is 1. The molecule has 0 aliphatic carbocycles.